The average Bonchev–Trinajstić information content (AvgIpc) is 3.37. The number of benzene rings is 3. The van der Waals surface area contributed by atoms with Crippen LogP contribution in [0, 0.1) is 5.92 Å². The molecule has 0 unspecified atom stereocenters. The number of hydrogen-bond donors (Lipinski definition) is 2. The van der Waals surface area contributed by atoms with Crippen molar-refractivity contribution in [3.8, 4) is 0 Å². The number of thioether (sulfide) groups is 1. The highest BCUT2D eigenvalue weighted by molar-refractivity contribution is 7.99. The number of hydrogen-bond acceptors (Lipinski definition) is 9. The molecule has 1 aliphatic rings. The Hall–Kier alpha value is -3.29. The third-order valence-electron chi connectivity index (χ3n) is 6.55. The van der Waals surface area contributed by atoms with Crippen LogP contribution in [0.25, 0.3) is 0 Å². The first kappa shape index (κ1) is 27.3. The summed E-state index contributed by atoms with van der Waals surface area (Å²) in [6, 6.07) is 22.9. The highest BCUT2D eigenvalue weighted by atomic mass is 32.2. The summed E-state index contributed by atoms with van der Waals surface area (Å²) in [6.45, 7) is 2.04. The predicted molar refractivity (Wildman–Crippen MR) is 146 cm³/mol. The van der Waals surface area contributed by atoms with Gasteiger partial charge in [0.1, 0.15) is 0 Å². The van der Waals surface area contributed by atoms with Crippen LogP contribution in [0.5, 0.6) is 0 Å². The van der Waals surface area contributed by atoms with E-state index in [0.717, 1.165) is 11.1 Å². The van der Waals surface area contributed by atoms with Crippen LogP contribution in [-0.2, 0) is 33.2 Å². The number of nitrogens with zero attached hydrogens (tertiary/aromatic N) is 4. The summed E-state index contributed by atoms with van der Waals surface area (Å²) in [4.78, 5) is 0.177. The van der Waals surface area contributed by atoms with E-state index >= 15 is 0 Å². The van der Waals surface area contributed by atoms with Gasteiger partial charge in [0.05, 0.1) is 23.7 Å². The van der Waals surface area contributed by atoms with Crippen molar-refractivity contribution in [3.05, 3.63) is 95.6 Å². The molecule has 0 radical (unpaired) electrons. The maximum atomic E-state index is 12.9. The Morgan fingerprint density at radius 2 is 1.77 bits per heavy atom. The molecule has 4 atom stereocenters. The van der Waals surface area contributed by atoms with Gasteiger partial charge in [-0.25, -0.2) is 13.1 Å². The molecule has 0 aliphatic carbocycles. The number of ether oxygens (including phenoxy) is 2. The van der Waals surface area contributed by atoms with Crippen molar-refractivity contribution in [3.63, 3.8) is 0 Å². The van der Waals surface area contributed by atoms with Gasteiger partial charge in [-0.05, 0) is 45.8 Å². The average molecular weight is 568 g/mol. The molecule has 1 aromatic heterocycles. The van der Waals surface area contributed by atoms with E-state index in [-0.39, 0.29) is 29.6 Å². The van der Waals surface area contributed by atoms with E-state index in [1.165, 1.54) is 11.8 Å². The van der Waals surface area contributed by atoms with Crippen molar-refractivity contribution < 1.29 is 23.0 Å². The summed E-state index contributed by atoms with van der Waals surface area (Å²) in [7, 11) is -1.97. The Bertz CT molecular complexity index is 1500. The van der Waals surface area contributed by atoms with Crippen molar-refractivity contribution in [1.29, 1.82) is 0 Å². The van der Waals surface area contributed by atoms with Gasteiger partial charge in [-0.1, -0.05) is 73.3 Å². The maximum Gasteiger partial charge on any atom is 0.261 e. The van der Waals surface area contributed by atoms with Crippen molar-refractivity contribution in [2.45, 2.75) is 42.1 Å². The van der Waals surface area contributed by atoms with Crippen molar-refractivity contribution in [2.75, 3.05) is 10.5 Å². The van der Waals surface area contributed by atoms with Crippen LogP contribution in [0.4, 0.5) is 5.69 Å². The zero-order valence-corrected chi connectivity index (χ0v) is 23.0. The molecule has 0 bridgehead atoms. The molecule has 39 heavy (non-hydrogen) atoms. The Morgan fingerprint density at radius 3 is 2.46 bits per heavy atom. The van der Waals surface area contributed by atoms with Crippen LogP contribution >= 0.6 is 11.8 Å². The molecular formula is C27H29N5O5S2. The molecule has 1 aliphatic heterocycles. The van der Waals surface area contributed by atoms with E-state index in [1.807, 2.05) is 30.3 Å². The van der Waals surface area contributed by atoms with Crippen molar-refractivity contribution in [1.82, 2.24) is 20.2 Å². The summed E-state index contributed by atoms with van der Waals surface area (Å²) < 4.78 is 43.0. The monoisotopic (exact) mass is 567 g/mol. The van der Waals surface area contributed by atoms with Crippen molar-refractivity contribution >= 4 is 27.5 Å². The number of aliphatic hydroxyl groups excluding tert-OH is 1. The lowest BCUT2D eigenvalue weighted by molar-refractivity contribution is -0.268. The number of anilines is 1. The quantitative estimate of drug-likeness (QED) is 0.287. The standard InChI is InChI=1S/C27H29N5O5S2/c1-18-24(17-38-27-28-30-31-32(27)2)36-26(37-25(18)20-13-11-19(16-33)12-14-20)21-7-6-8-22(15-21)29-39(34,35)23-9-4-3-5-10-23/h3-15,18,24-26,29,33H,16-17H2,1-2H3/t18-,24+,25+,26+/m0/s1. The number of sulfonamides is 1. The molecule has 0 spiro atoms. The number of rotatable bonds is 9. The number of aliphatic hydroxyl groups is 1. The third-order valence-corrected chi connectivity index (χ3v) is 9.04. The predicted octanol–water partition coefficient (Wildman–Crippen LogP) is 4.09. The van der Waals surface area contributed by atoms with E-state index in [2.05, 4.69) is 27.2 Å². The fourth-order valence-corrected chi connectivity index (χ4v) is 6.46. The zero-order valence-electron chi connectivity index (χ0n) is 21.4. The van der Waals surface area contributed by atoms with E-state index in [1.54, 1.807) is 60.3 Å². The van der Waals surface area contributed by atoms with Gasteiger partial charge in [0.15, 0.2) is 6.29 Å². The van der Waals surface area contributed by atoms with E-state index < -0.39 is 16.3 Å². The van der Waals surface area contributed by atoms with Gasteiger partial charge in [-0.15, -0.1) is 5.10 Å². The second-order valence-corrected chi connectivity index (χ2v) is 11.9. The Kier molecular flexibility index (Phi) is 8.29. The molecular weight excluding hydrogens is 538 g/mol. The zero-order chi connectivity index (χ0) is 27.4. The van der Waals surface area contributed by atoms with E-state index in [4.69, 9.17) is 9.47 Å². The van der Waals surface area contributed by atoms with Gasteiger partial charge in [0, 0.05) is 30.0 Å². The normalized spacial score (nSPS) is 21.5. The lowest BCUT2D eigenvalue weighted by Crippen LogP contribution is -2.38. The highest BCUT2D eigenvalue weighted by Crippen LogP contribution is 2.43. The number of tetrazole rings is 1. The lowest BCUT2D eigenvalue weighted by atomic mass is 9.91. The molecule has 204 valence electrons. The minimum atomic E-state index is -3.76. The maximum absolute atomic E-state index is 12.9. The van der Waals surface area contributed by atoms with Crippen LogP contribution in [0.1, 0.15) is 36.0 Å². The SMILES string of the molecule is C[C@H]1[C@@H](CSc2nnnn2C)O[C@@H](c2cccc(NS(=O)(=O)c3ccccc3)c2)O[C@H]1c1ccc(CO)cc1. The van der Waals surface area contributed by atoms with Crippen LogP contribution in [-0.4, -0.2) is 45.6 Å². The molecule has 4 aromatic rings. The summed E-state index contributed by atoms with van der Waals surface area (Å²) in [5.74, 6) is 0.565. The molecule has 12 heteroatoms. The number of nitrogens with one attached hydrogen (secondary N) is 1. The molecule has 1 fully saturated rings. The highest BCUT2D eigenvalue weighted by Gasteiger charge is 2.38. The lowest BCUT2D eigenvalue weighted by Gasteiger charge is -2.41. The van der Waals surface area contributed by atoms with Gasteiger partial charge in [0.2, 0.25) is 5.16 Å². The molecule has 0 saturated carbocycles. The number of aromatic nitrogens is 4. The summed E-state index contributed by atoms with van der Waals surface area (Å²) >= 11 is 1.49. The van der Waals surface area contributed by atoms with Gasteiger partial charge in [0.25, 0.3) is 10.0 Å². The van der Waals surface area contributed by atoms with Crippen molar-refractivity contribution in [2.24, 2.45) is 13.0 Å². The largest absolute Gasteiger partial charge is 0.392 e. The number of aryl methyl sites for hydroxylation is 1. The molecule has 10 nitrogen and oxygen atoms in total. The minimum absolute atomic E-state index is 0.0188. The fourth-order valence-electron chi connectivity index (χ4n) is 4.37. The summed E-state index contributed by atoms with van der Waals surface area (Å²) in [6.07, 6.45) is -1.27. The second kappa shape index (κ2) is 11.8. The fraction of sp³-hybridized carbons (Fsp3) is 0.296. The molecule has 2 N–H and O–H groups in total. The summed E-state index contributed by atoms with van der Waals surface area (Å²) in [5.41, 5.74) is 2.86. The van der Waals surface area contributed by atoms with Crippen LogP contribution in [0.3, 0.4) is 0 Å². The minimum Gasteiger partial charge on any atom is -0.392 e. The molecule has 1 saturated heterocycles. The van der Waals surface area contributed by atoms with Gasteiger partial charge < -0.3 is 14.6 Å². The molecule has 3 aromatic carbocycles. The molecule has 0 amide bonds. The Labute approximate surface area is 231 Å². The first-order valence-electron chi connectivity index (χ1n) is 12.4. The van der Waals surface area contributed by atoms with Crippen LogP contribution in [0.15, 0.2) is 88.9 Å². The molecule has 2 heterocycles. The van der Waals surface area contributed by atoms with Gasteiger partial charge in [-0.2, -0.15) is 0 Å². The van der Waals surface area contributed by atoms with Gasteiger partial charge in [-0.3, -0.25) is 4.72 Å². The first-order chi connectivity index (χ1) is 18.8. The molecule has 5 rings (SSSR count). The Morgan fingerprint density at radius 1 is 1.00 bits per heavy atom. The third kappa shape index (κ3) is 6.31. The van der Waals surface area contributed by atoms with Crippen LogP contribution < -0.4 is 4.72 Å². The van der Waals surface area contributed by atoms with E-state index in [9.17, 15) is 13.5 Å². The second-order valence-electron chi connectivity index (χ2n) is 9.26. The topological polar surface area (TPSA) is 128 Å². The first-order valence-corrected chi connectivity index (χ1v) is 14.8. The van der Waals surface area contributed by atoms with E-state index in [0.29, 0.717) is 22.2 Å². The van der Waals surface area contributed by atoms with Gasteiger partial charge >= 0.3 is 0 Å². The smallest absolute Gasteiger partial charge is 0.261 e. The Balaban J connectivity index is 1.41. The summed E-state index contributed by atoms with van der Waals surface area (Å²) in [5, 5.41) is 21.8. The van der Waals surface area contributed by atoms with Crippen LogP contribution in [0.2, 0.25) is 0 Å².